The molecule has 0 atom stereocenters. The Labute approximate surface area is 134 Å². The number of ether oxygens (including phenoxy) is 1. The molecule has 1 aromatic rings. The van der Waals surface area contributed by atoms with E-state index in [2.05, 4.69) is 32.2 Å². The number of halogens is 1. The van der Waals surface area contributed by atoms with Gasteiger partial charge in [0.15, 0.2) is 0 Å². The lowest BCUT2D eigenvalue weighted by atomic mass is 9.79. The van der Waals surface area contributed by atoms with Crippen molar-refractivity contribution in [2.75, 3.05) is 6.54 Å². The van der Waals surface area contributed by atoms with Gasteiger partial charge in [-0.2, -0.15) is 0 Å². The van der Waals surface area contributed by atoms with Crippen molar-refractivity contribution < 1.29 is 4.74 Å². The van der Waals surface area contributed by atoms with Crippen LogP contribution in [0.2, 0.25) is 5.02 Å². The van der Waals surface area contributed by atoms with Crippen molar-refractivity contribution in [1.29, 1.82) is 0 Å². The predicted octanol–water partition coefficient (Wildman–Crippen LogP) is 4.80. The molecule has 0 bridgehead atoms. The van der Waals surface area contributed by atoms with Gasteiger partial charge in [-0.05, 0) is 49.3 Å². The Morgan fingerprint density at radius 3 is 2.67 bits per heavy atom. The van der Waals surface area contributed by atoms with E-state index in [1.807, 2.05) is 18.2 Å². The smallest absolute Gasteiger partial charge is 0.0811 e. The van der Waals surface area contributed by atoms with Crippen LogP contribution in [0, 0.1) is 5.92 Å². The fraction of sp³-hybridized carbons (Fsp3) is 0.667. The molecular formula is C18H28ClNO. The Morgan fingerprint density at radius 1 is 1.33 bits per heavy atom. The maximum atomic E-state index is 6.39. The molecule has 118 valence electrons. The first-order chi connectivity index (χ1) is 9.99. The summed E-state index contributed by atoms with van der Waals surface area (Å²) < 4.78 is 6.39. The first-order valence-corrected chi connectivity index (χ1v) is 8.49. The van der Waals surface area contributed by atoms with Gasteiger partial charge in [0.2, 0.25) is 0 Å². The van der Waals surface area contributed by atoms with Crippen molar-refractivity contribution in [1.82, 2.24) is 5.32 Å². The molecular weight excluding hydrogens is 282 g/mol. The first-order valence-electron chi connectivity index (χ1n) is 8.11. The Bertz CT molecular complexity index is 439. The van der Waals surface area contributed by atoms with Crippen molar-refractivity contribution >= 4 is 11.6 Å². The summed E-state index contributed by atoms with van der Waals surface area (Å²) in [5, 5.41) is 4.35. The van der Waals surface area contributed by atoms with E-state index in [0.717, 1.165) is 35.9 Å². The summed E-state index contributed by atoms with van der Waals surface area (Å²) in [6.45, 7) is 8.32. The predicted molar refractivity (Wildman–Crippen MR) is 89.7 cm³/mol. The number of benzene rings is 1. The molecule has 21 heavy (non-hydrogen) atoms. The van der Waals surface area contributed by atoms with Crippen LogP contribution in [0.5, 0.6) is 0 Å². The summed E-state index contributed by atoms with van der Waals surface area (Å²) in [5.74, 6) is 0.826. The molecule has 0 aliphatic heterocycles. The van der Waals surface area contributed by atoms with Gasteiger partial charge in [0.1, 0.15) is 0 Å². The average molecular weight is 310 g/mol. The minimum Gasteiger partial charge on any atom is -0.369 e. The second-order valence-corrected chi connectivity index (χ2v) is 7.26. The molecule has 0 aromatic heterocycles. The fourth-order valence-electron chi connectivity index (χ4n) is 2.91. The highest BCUT2D eigenvalue weighted by atomic mass is 35.5. The van der Waals surface area contributed by atoms with Gasteiger partial charge in [0.05, 0.1) is 12.2 Å². The third kappa shape index (κ3) is 5.28. The van der Waals surface area contributed by atoms with Gasteiger partial charge in [-0.25, -0.2) is 0 Å². The van der Waals surface area contributed by atoms with E-state index in [-0.39, 0.29) is 5.60 Å². The van der Waals surface area contributed by atoms with E-state index in [9.17, 15) is 0 Å². The van der Waals surface area contributed by atoms with Crippen LogP contribution in [0.4, 0.5) is 0 Å². The number of hydrogen-bond donors (Lipinski definition) is 1. The van der Waals surface area contributed by atoms with E-state index in [1.54, 1.807) is 0 Å². The molecule has 2 rings (SSSR count). The maximum Gasteiger partial charge on any atom is 0.0811 e. The van der Waals surface area contributed by atoms with Crippen LogP contribution in [-0.2, 0) is 11.3 Å². The Hall–Kier alpha value is -0.570. The van der Waals surface area contributed by atoms with Crippen molar-refractivity contribution in [2.45, 2.75) is 64.7 Å². The second kappa shape index (κ2) is 7.62. The van der Waals surface area contributed by atoms with Gasteiger partial charge in [0.25, 0.3) is 0 Å². The topological polar surface area (TPSA) is 21.3 Å². The van der Waals surface area contributed by atoms with Crippen LogP contribution in [0.3, 0.4) is 0 Å². The number of hydrogen-bond acceptors (Lipinski definition) is 2. The molecule has 1 saturated carbocycles. The summed E-state index contributed by atoms with van der Waals surface area (Å²) in [6.07, 6.45) is 4.81. The minimum absolute atomic E-state index is 0.0148. The SMILES string of the molecule is CC1CCC(CNC(C)C)(OCc2cccc(Cl)c2)CC1. The van der Waals surface area contributed by atoms with Crippen LogP contribution in [0.1, 0.15) is 52.0 Å². The molecule has 0 heterocycles. The molecule has 3 heteroatoms. The number of nitrogens with one attached hydrogen (secondary N) is 1. The summed E-state index contributed by atoms with van der Waals surface area (Å²) in [5.41, 5.74) is 1.14. The first kappa shape index (κ1) is 16.8. The third-order valence-corrected chi connectivity index (χ3v) is 4.69. The van der Waals surface area contributed by atoms with Crippen molar-refractivity contribution in [3.8, 4) is 0 Å². The molecule has 0 spiro atoms. The van der Waals surface area contributed by atoms with Crippen LogP contribution < -0.4 is 5.32 Å². The second-order valence-electron chi connectivity index (χ2n) is 6.82. The molecule has 0 radical (unpaired) electrons. The van der Waals surface area contributed by atoms with Gasteiger partial charge in [0, 0.05) is 17.6 Å². The maximum absolute atomic E-state index is 6.39. The van der Waals surface area contributed by atoms with E-state index in [1.165, 1.54) is 12.8 Å². The molecule has 2 nitrogen and oxygen atoms in total. The molecule has 0 amide bonds. The van der Waals surface area contributed by atoms with E-state index in [4.69, 9.17) is 16.3 Å². The Balaban J connectivity index is 1.98. The zero-order valence-electron chi connectivity index (χ0n) is 13.5. The zero-order chi connectivity index (χ0) is 15.3. The molecule has 0 saturated heterocycles. The number of rotatable bonds is 6. The van der Waals surface area contributed by atoms with E-state index in [0.29, 0.717) is 12.6 Å². The molecule has 1 aliphatic carbocycles. The Kier molecular flexibility index (Phi) is 6.09. The van der Waals surface area contributed by atoms with Crippen LogP contribution >= 0.6 is 11.6 Å². The quantitative estimate of drug-likeness (QED) is 0.814. The van der Waals surface area contributed by atoms with Gasteiger partial charge in [-0.3, -0.25) is 0 Å². The van der Waals surface area contributed by atoms with Crippen molar-refractivity contribution in [2.24, 2.45) is 5.92 Å². The normalized spacial score (nSPS) is 26.2. The lowest BCUT2D eigenvalue weighted by molar-refractivity contribution is -0.0858. The van der Waals surface area contributed by atoms with E-state index < -0.39 is 0 Å². The lowest BCUT2D eigenvalue weighted by Crippen LogP contribution is -2.47. The largest absolute Gasteiger partial charge is 0.369 e. The van der Waals surface area contributed by atoms with Crippen molar-refractivity contribution in [3.63, 3.8) is 0 Å². The van der Waals surface area contributed by atoms with Gasteiger partial charge < -0.3 is 10.1 Å². The lowest BCUT2D eigenvalue weighted by Gasteiger charge is -2.40. The molecule has 1 fully saturated rings. The summed E-state index contributed by atoms with van der Waals surface area (Å²) in [4.78, 5) is 0. The van der Waals surface area contributed by atoms with Crippen LogP contribution in [0.15, 0.2) is 24.3 Å². The fourth-order valence-corrected chi connectivity index (χ4v) is 3.13. The molecule has 1 aromatic carbocycles. The average Bonchev–Trinajstić information content (AvgIpc) is 2.46. The van der Waals surface area contributed by atoms with Gasteiger partial charge in [-0.1, -0.05) is 44.5 Å². The Morgan fingerprint density at radius 2 is 2.05 bits per heavy atom. The third-order valence-electron chi connectivity index (χ3n) is 4.45. The van der Waals surface area contributed by atoms with Crippen molar-refractivity contribution in [3.05, 3.63) is 34.9 Å². The van der Waals surface area contributed by atoms with Gasteiger partial charge >= 0.3 is 0 Å². The summed E-state index contributed by atoms with van der Waals surface area (Å²) >= 11 is 6.05. The van der Waals surface area contributed by atoms with Crippen LogP contribution in [0.25, 0.3) is 0 Å². The molecule has 0 unspecified atom stereocenters. The molecule has 1 N–H and O–H groups in total. The van der Waals surface area contributed by atoms with Crippen LogP contribution in [-0.4, -0.2) is 18.2 Å². The summed E-state index contributed by atoms with van der Waals surface area (Å²) in [7, 11) is 0. The minimum atomic E-state index is -0.0148. The van der Waals surface area contributed by atoms with Gasteiger partial charge in [-0.15, -0.1) is 0 Å². The highest BCUT2D eigenvalue weighted by molar-refractivity contribution is 6.30. The zero-order valence-corrected chi connectivity index (χ0v) is 14.2. The monoisotopic (exact) mass is 309 g/mol. The highest BCUT2D eigenvalue weighted by Crippen LogP contribution is 2.35. The summed E-state index contributed by atoms with van der Waals surface area (Å²) in [6, 6.07) is 8.47. The highest BCUT2D eigenvalue weighted by Gasteiger charge is 2.35. The standard InChI is InChI=1S/C18H28ClNO/c1-14(2)20-13-18(9-7-15(3)8-10-18)21-12-16-5-4-6-17(19)11-16/h4-6,11,14-15,20H,7-10,12-13H2,1-3H3. The van der Waals surface area contributed by atoms with E-state index >= 15 is 0 Å². The molecule has 1 aliphatic rings.